The minimum atomic E-state index is -0.904. The van der Waals surface area contributed by atoms with E-state index in [0.29, 0.717) is 24.4 Å². The number of benzene rings is 3. The normalized spacial score (nSPS) is 20.0. The highest BCUT2D eigenvalue weighted by atomic mass is 16.5. The first-order valence-electron chi connectivity index (χ1n) is 10.3. The second kappa shape index (κ2) is 7.59. The highest BCUT2D eigenvalue weighted by Gasteiger charge is 2.34. The van der Waals surface area contributed by atoms with Crippen LogP contribution >= 0.6 is 0 Å². The molecule has 7 heteroatoms. The molecule has 0 aliphatic carbocycles. The Morgan fingerprint density at radius 2 is 1.81 bits per heavy atom. The molecular formula is C24H23N3O4. The second-order valence-electron chi connectivity index (χ2n) is 8.01. The van der Waals surface area contributed by atoms with Crippen LogP contribution in [0, 0.1) is 0 Å². The fourth-order valence-corrected chi connectivity index (χ4v) is 4.51. The summed E-state index contributed by atoms with van der Waals surface area (Å²) < 4.78 is 5.67. The molecule has 3 N–H and O–H groups in total. The number of anilines is 2. The summed E-state index contributed by atoms with van der Waals surface area (Å²) >= 11 is 0. The number of aliphatic hydroxyl groups excluding tert-OH is 1. The van der Waals surface area contributed by atoms with Gasteiger partial charge in [-0.1, -0.05) is 48.5 Å². The third-order valence-electron chi connectivity index (χ3n) is 5.91. The van der Waals surface area contributed by atoms with Gasteiger partial charge in [0.05, 0.1) is 24.9 Å². The summed E-state index contributed by atoms with van der Waals surface area (Å²) in [5, 5.41) is 12.6. The van der Waals surface area contributed by atoms with E-state index >= 15 is 0 Å². The van der Waals surface area contributed by atoms with Crippen LogP contribution in [0.4, 0.5) is 11.4 Å². The fraction of sp³-hybridized carbons (Fsp3) is 0.250. The first kappa shape index (κ1) is 19.4. The van der Waals surface area contributed by atoms with Crippen molar-refractivity contribution in [1.29, 1.82) is 0 Å². The fourth-order valence-electron chi connectivity index (χ4n) is 4.51. The number of hydrogen-bond acceptors (Lipinski definition) is 5. The van der Waals surface area contributed by atoms with Gasteiger partial charge in [-0.2, -0.15) is 0 Å². The Balaban J connectivity index is 1.50. The molecule has 2 aliphatic heterocycles. The van der Waals surface area contributed by atoms with Crippen LogP contribution in [-0.4, -0.2) is 48.8 Å². The zero-order valence-electron chi connectivity index (χ0n) is 16.9. The number of carbonyl (C=O) groups is 2. The number of β-amino-alcohol motifs (C(OH)–C–C–N with tert-alkyl or cyclic N) is 1. The number of nitrogens with two attached hydrogens (primary N) is 1. The van der Waals surface area contributed by atoms with Gasteiger partial charge in [0.15, 0.2) is 6.10 Å². The minimum Gasteiger partial charge on any atom is -0.477 e. The number of rotatable bonds is 3. The summed E-state index contributed by atoms with van der Waals surface area (Å²) in [5.74, 6) is -0.345. The second-order valence-corrected chi connectivity index (χ2v) is 8.01. The number of para-hydroxylation sites is 2. The topological polar surface area (TPSA) is 96.1 Å². The van der Waals surface area contributed by atoms with Gasteiger partial charge in [0.1, 0.15) is 5.75 Å². The number of hydrogen-bond donors (Lipinski definition) is 2. The highest BCUT2D eigenvalue weighted by Crippen LogP contribution is 2.36. The van der Waals surface area contributed by atoms with Crippen LogP contribution in [0.3, 0.4) is 0 Å². The lowest BCUT2D eigenvalue weighted by Gasteiger charge is -2.38. The number of aliphatic hydroxyl groups is 1. The van der Waals surface area contributed by atoms with E-state index in [9.17, 15) is 14.7 Å². The maximum absolute atomic E-state index is 13.4. The molecule has 0 aromatic heterocycles. The summed E-state index contributed by atoms with van der Waals surface area (Å²) in [5.41, 5.74) is 8.07. The van der Waals surface area contributed by atoms with Crippen molar-refractivity contribution >= 4 is 34.0 Å². The van der Waals surface area contributed by atoms with E-state index in [1.165, 1.54) is 0 Å². The van der Waals surface area contributed by atoms with Gasteiger partial charge in [-0.15, -0.1) is 0 Å². The average Bonchev–Trinajstić information content (AvgIpc) is 2.77. The first-order chi connectivity index (χ1) is 15.0. The van der Waals surface area contributed by atoms with Gasteiger partial charge in [0.2, 0.25) is 5.91 Å². The van der Waals surface area contributed by atoms with E-state index < -0.39 is 18.1 Å². The molecule has 2 amide bonds. The van der Waals surface area contributed by atoms with E-state index in [-0.39, 0.29) is 19.0 Å². The third-order valence-corrected chi connectivity index (χ3v) is 5.91. The van der Waals surface area contributed by atoms with Gasteiger partial charge in [-0.3, -0.25) is 9.59 Å². The summed E-state index contributed by atoms with van der Waals surface area (Å²) in [6.45, 7) is 0.486. The molecule has 5 rings (SSSR count). The van der Waals surface area contributed by atoms with Crippen molar-refractivity contribution in [3.63, 3.8) is 0 Å². The Morgan fingerprint density at radius 1 is 1.03 bits per heavy atom. The Labute approximate surface area is 179 Å². The number of ether oxygens (including phenoxy) is 1. The lowest BCUT2D eigenvalue weighted by Crippen LogP contribution is -2.52. The van der Waals surface area contributed by atoms with Gasteiger partial charge in [-0.25, -0.2) is 0 Å². The van der Waals surface area contributed by atoms with E-state index in [2.05, 4.69) is 0 Å². The molecule has 0 saturated carbocycles. The quantitative estimate of drug-likeness (QED) is 0.678. The zero-order chi connectivity index (χ0) is 21.5. The van der Waals surface area contributed by atoms with Gasteiger partial charge in [0, 0.05) is 24.0 Å². The Morgan fingerprint density at radius 3 is 2.65 bits per heavy atom. The van der Waals surface area contributed by atoms with Crippen LogP contribution in [0.5, 0.6) is 5.75 Å². The number of amides is 2. The van der Waals surface area contributed by atoms with E-state index in [1.807, 2.05) is 47.4 Å². The molecule has 31 heavy (non-hydrogen) atoms. The van der Waals surface area contributed by atoms with Gasteiger partial charge < -0.3 is 25.4 Å². The van der Waals surface area contributed by atoms with Crippen molar-refractivity contribution in [1.82, 2.24) is 0 Å². The first-order valence-corrected chi connectivity index (χ1v) is 10.3. The molecule has 0 bridgehead atoms. The zero-order valence-corrected chi connectivity index (χ0v) is 16.9. The maximum Gasteiger partial charge on any atom is 0.260 e. The molecular weight excluding hydrogens is 394 g/mol. The van der Waals surface area contributed by atoms with E-state index in [1.54, 1.807) is 23.1 Å². The summed E-state index contributed by atoms with van der Waals surface area (Å²) in [7, 11) is 0. The summed E-state index contributed by atoms with van der Waals surface area (Å²) in [6, 6.07) is 19.2. The Hall–Kier alpha value is -3.58. The molecule has 2 aliphatic rings. The van der Waals surface area contributed by atoms with Crippen molar-refractivity contribution in [2.75, 3.05) is 29.4 Å². The van der Waals surface area contributed by atoms with Crippen LogP contribution in [0.1, 0.15) is 5.56 Å². The number of nitrogens with zero attached hydrogens (tertiary/aromatic N) is 2. The van der Waals surface area contributed by atoms with Crippen LogP contribution in [0.2, 0.25) is 0 Å². The monoisotopic (exact) mass is 417 g/mol. The molecule has 2 atom stereocenters. The third kappa shape index (κ3) is 3.47. The number of carbonyl (C=O) groups excluding carboxylic acids is 2. The lowest BCUT2D eigenvalue weighted by molar-refractivity contribution is -0.125. The largest absolute Gasteiger partial charge is 0.477 e. The molecule has 3 aromatic rings. The SMILES string of the molecule is NC(=O)[C@@H]1CN(C(=O)CN2C[C@H](O)Cc3ccc4ccccc4c32)c2ccccc2O1. The van der Waals surface area contributed by atoms with Gasteiger partial charge in [-0.05, 0) is 23.1 Å². The van der Waals surface area contributed by atoms with Crippen LogP contribution in [0.15, 0.2) is 60.7 Å². The van der Waals surface area contributed by atoms with E-state index in [0.717, 1.165) is 22.0 Å². The Bertz CT molecular complexity index is 1180. The minimum absolute atomic E-state index is 0.0595. The Kier molecular flexibility index (Phi) is 4.75. The van der Waals surface area contributed by atoms with Gasteiger partial charge >= 0.3 is 0 Å². The van der Waals surface area contributed by atoms with Crippen molar-refractivity contribution in [3.8, 4) is 5.75 Å². The summed E-state index contributed by atoms with van der Waals surface area (Å²) in [4.78, 5) is 28.7. The van der Waals surface area contributed by atoms with Crippen molar-refractivity contribution in [2.45, 2.75) is 18.6 Å². The molecule has 0 saturated heterocycles. The van der Waals surface area contributed by atoms with Gasteiger partial charge in [0.25, 0.3) is 5.91 Å². The molecule has 0 unspecified atom stereocenters. The predicted molar refractivity (Wildman–Crippen MR) is 118 cm³/mol. The maximum atomic E-state index is 13.4. The molecule has 0 fully saturated rings. The number of primary amides is 1. The van der Waals surface area contributed by atoms with E-state index in [4.69, 9.17) is 10.5 Å². The van der Waals surface area contributed by atoms with Crippen molar-refractivity contribution in [2.24, 2.45) is 5.73 Å². The molecule has 0 radical (unpaired) electrons. The summed E-state index contributed by atoms with van der Waals surface area (Å²) in [6.07, 6.45) is -0.912. The van der Waals surface area contributed by atoms with Crippen molar-refractivity contribution in [3.05, 3.63) is 66.2 Å². The predicted octanol–water partition coefficient (Wildman–Crippen LogP) is 1.84. The number of fused-ring (bicyclic) bond motifs is 4. The lowest BCUT2D eigenvalue weighted by atomic mass is 9.95. The standard InChI is InChI=1S/C24H23N3O4/c25-24(30)21-13-27(19-7-3-4-8-20(19)31-21)22(29)14-26-12-17(28)11-16-10-9-15-5-1-2-6-18(15)23(16)26/h1-10,17,21,28H,11-14H2,(H2,25,30)/t17-,21+/m1/s1. The molecule has 7 nitrogen and oxygen atoms in total. The van der Waals surface area contributed by atoms with Crippen molar-refractivity contribution < 1.29 is 19.4 Å². The molecule has 3 aromatic carbocycles. The smallest absolute Gasteiger partial charge is 0.260 e. The van der Waals surface area contributed by atoms with Crippen LogP contribution in [-0.2, 0) is 16.0 Å². The van der Waals surface area contributed by atoms with Crippen LogP contribution < -0.4 is 20.3 Å². The average molecular weight is 417 g/mol. The van der Waals surface area contributed by atoms with Crippen LogP contribution in [0.25, 0.3) is 10.8 Å². The molecule has 158 valence electrons. The highest BCUT2D eigenvalue weighted by molar-refractivity contribution is 6.02. The molecule has 0 spiro atoms. The molecule has 2 heterocycles.